The highest BCUT2D eigenvalue weighted by atomic mass is 16.7. The maximum atomic E-state index is 11.9. The van der Waals surface area contributed by atoms with Gasteiger partial charge in [-0.15, -0.1) is 0 Å². The summed E-state index contributed by atoms with van der Waals surface area (Å²) in [7, 11) is 2.59. The fraction of sp³-hybridized carbons (Fsp3) is 0.333. The Morgan fingerprint density at radius 3 is 2.16 bits per heavy atom. The van der Waals surface area contributed by atoms with E-state index >= 15 is 0 Å². The van der Waals surface area contributed by atoms with Gasteiger partial charge in [-0.2, -0.15) is 0 Å². The summed E-state index contributed by atoms with van der Waals surface area (Å²) < 4.78 is 20.0. The zero-order valence-electron chi connectivity index (χ0n) is 13.9. The first-order valence-electron chi connectivity index (χ1n) is 7.02. The number of carbonyl (C=O) groups is 2. The first-order valence-corrected chi connectivity index (χ1v) is 7.02. The molecule has 0 atom stereocenters. The second-order valence-corrected chi connectivity index (χ2v) is 5.36. The minimum atomic E-state index is -1.35. The van der Waals surface area contributed by atoms with E-state index in [4.69, 9.17) is 18.9 Å². The molecule has 0 bridgehead atoms. The molecule has 134 valence electrons. The topological polar surface area (TPSA) is 126 Å². The largest absolute Gasteiger partial charge is 0.494 e. The van der Waals surface area contributed by atoms with Crippen molar-refractivity contribution in [3.63, 3.8) is 0 Å². The van der Waals surface area contributed by atoms with Crippen molar-refractivity contribution in [1.29, 1.82) is 0 Å². The molecule has 1 fully saturated rings. The molecular formula is C15H16N2O8. The summed E-state index contributed by atoms with van der Waals surface area (Å²) in [6.45, 7) is 2.86. The number of cyclic esters (lactones) is 2. The molecule has 0 saturated carbocycles. The van der Waals surface area contributed by atoms with Crippen LogP contribution in [0.4, 0.5) is 11.4 Å². The molecule has 10 nitrogen and oxygen atoms in total. The van der Waals surface area contributed by atoms with Crippen molar-refractivity contribution in [1.82, 2.24) is 0 Å². The zero-order chi connectivity index (χ0) is 18.8. The van der Waals surface area contributed by atoms with Crippen molar-refractivity contribution >= 4 is 23.3 Å². The molecule has 0 unspecified atom stereocenters. The summed E-state index contributed by atoms with van der Waals surface area (Å²) in [6.07, 6.45) is 1.07. The van der Waals surface area contributed by atoms with E-state index in [9.17, 15) is 19.7 Å². The number of nitrogens with zero attached hydrogens (tertiary/aromatic N) is 1. The van der Waals surface area contributed by atoms with Crippen LogP contribution in [0.5, 0.6) is 11.5 Å². The van der Waals surface area contributed by atoms with Gasteiger partial charge in [0.15, 0.2) is 11.3 Å². The number of nitro groups is 1. The number of hydrogen-bond acceptors (Lipinski definition) is 9. The average molecular weight is 352 g/mol. The Morgan fingerprint density at radius 1 is 1.12 bits per heavy atom. The molecule has 1 saturated heterocycles. The van der Waals surface area contributed by atoms with Gasteiger partial charge in [-0.05, 0) is 0 Å². The van der Waals surface area contributed by atoms with Gasteiger partial charge in [-0.3, -0.25) is 10.1 Å². The fourth-order valence-corrected chi connectivity index (χ4v) is 2.07. The summed E-state index contributed by atoms with van der Waals surface area (Å²) >= 11 is 0. The zero-order valence-corrected chi connectivity index (χ0v) is 13.9. The highest BCUT2D eigenvalue weighted by molar-refractivity contribution is 6.15. The number of nitrogens with one attached hydrogen (secondary N) is 1. The van der Waals surface area contributed by atoms with E-state index < -0.39 is 22.6 Å². The number of esters is 2. The van der Waals surface area contributed by atoms with E-state index in [1.807, 2.05) is 0 Å². The highest BCUT2D eigenvalue weighted by Crippen LogP contribution is 2.37. The molecule has 0 amide bonds. The van der Waals surface area contributed by atoms with Gasteiger partial charge in [0.05, 0.1) is 30.9 Å². The second kappa shape index (κ2) is 6.67. The lowest BCUT2D eigenvalue weighted by Gasteiger charge is -2.29. The third-order valence-electron chi connectivity index (χ3n) is 3.19. The van der Waals surface area contributed by atoms with Gasteiger partial charge in [-0.25, -0.2) is 9.59 Å². The van der Waals surface area contributed by atoms with E-state index in [1.54, 1.807) is 0 Å². The number of methoxy groups -OCH3 is 2. The lowest BCUT2D eigenvalue weighted by molar-refractivity contribution is -0.385. The molecule has 0 spiro atoms. The first kappa shape index (κ1) is 18.0. The van der Waals surface area contributed by atoms with Crippen LogP contribution in [-0.4, -0.2) is 36.9 Å². The van der Waals surface area contributed by atoms with Gasteiger partial charge in [0.1, 0.15) is 5.75 Å². The lowest BCUT2D eigenvalue weighted by atomic mass is 10.2. The molecular weight excluding hydrogens is 336 g/mol. The lowest BCUT2D eigenvalue weighted by Crippen LogP contribution is -2.42. The molecule has 0 aliphatic carbocycles. The number of benzene rings is 1. The SMILES string of the molecule is COc1cc([N+](=O)[O-])c(OC)cc1NC=C1C(=O)OC(C)(C)OC1=O. The smallest absolute Gasteiger partial charge is 0.350 e. The molecule has 10 heteroatoms. The van der Waals surface area contributed by atoms with Crippen LogP contribution in [-0.2, 0) is 19.1 Å². The third kappa shape index (κ3) is 3.79. The van der Waals surface area contributed by atoms with Gasteiger partial charge < -0.3 is 24.3 Å². The number of ether oxygens (including phenoxy) is 4. The number of anilines is 1. The summed E-state index contributed by atoms with van der Waals surface area (Å²) in [6, 6.07) is 2.46. The molecule has 0 radical (unpaired) electrons. The maximum absolute atomic E-state index is 11.9. The Kier molecular flexibility index (Phi) is 4.82. The van der Waals surface area contributed by atoms with Crippen molar-refractivity contribution < 1.29 is 33.5 Å². The van der Waals surface area contributed by atoms with E-state index in [1.165, 1.54) is 34.1 Å². The Balaban J connectivity index is 2.35. The van der Waals surface area contributed by atoms with Gasteiger partial charge in [0.2, 0.25) is 0 Å². The molecule has 0 aromatic heterocycles. The van der Waals surface area contributed by atoms with Gasteiger partial charge in [-0.1, -0.05) is 0 Å². The predicted molar refractivity (Wildman–Crippen MR) is 84.2 cm³/mol. The van der Waals surface area contributed by atoms with E-state index in [0.717, 1.165) is 12.3 Å². The molecule has 1 N–H and O–H groups in total. The fourth-order valence-electron chi connectivity index (χ4n) is 2.07. The summed E-state index contributed by atoms with van der Waals surface area (Å²) in [4.78, 5) is 34.2. The quantitative estimate of drug-likeness (QED) is 0.277. The monoisotopic (exact) mass is 352 g/mol. The van der Waals surface area contributed by atoms with Crippen LogP contribution in [0.15, 0.2) is 23.9 Å². The molecule has 1 heterocycles. The van der Waals surface area contributed by atoms with E-state index in [0.29, 0.717) is 0 Å². The van der Waals surface area contributed by atoms with Crippen molar-refractivity contribution in [3.05, 3.63) is 34.0 Å². The van der Waals surface area contributed by atoms with Crippen molar-refractivity contribution in [2.24, 2.45) is 0 Å². The van der Waals surface area contributed by atoms with Gasteiger partial charge in [0, 0.05) is 26.1 Å². The number of hydrogen-bond donors (Lipinski definition) is 1. The van der Waals surface area contributed by atoms with Gasteiger partial charge >= 0.3 is 17.6 Å². The summed E-state index contributed by atoms with van der Waals surface area (Å²) in [5.41, 5.74) is -0.419. The van der Waals surface area contributed by atoms with Crippen LogP contribution < -0.4 is 14.8 Å². The molecule has 2 rings (SSSR count). The average Bonchev–Trinajstić information content (AvgIpc) is 2.51. The van der Waals surface area contributed by atoms with Crippen LogP contribution in [0.1, 0.15) is 13.8 Å². The standard InChI is InChI=1S/C15H16N2O8/c1-15(2)24-13(18)8(14(19)25-15)7-16-9-5-12(23-4)10(17(20)21)6-11(9)22-3/h5-7,16H,1-4H3. The molecule has 1 aromatic carbocycles. The van der Waals surface area contributed by atoms with Crippen LogP contribution in [0.3, 0.4) is 0 Å². The van der Waals surface area contributed by atoms with Crippen molar-refractivity contribution in [2.45, 2.75) is 19.6 Å². The van der Waals surface area contributed by atoms with Crippen LogP contribution in [0, 0.1) is 10.1 Å². The van der Waals surface area contributed by atoms with Gasteiger partial charge in [0.25, 0.3) is 5.79 Å². The minimum absolute atomic E-state index is 0.0263. The maximum Gasteiger partial charge on any atom is 0.350 e. The molecule has 1 aromatic rings. The van der Waals surface area contributed by atoms with Crippen molar-refractivity contribution in [2.75, 3.05) is 19.5 Å². The summed E-state index contributed by atoms with van der Waals surface area (Å²) in [5.74, 6) is -2.98. The van der Waals surface area contributed by atoms with Crippen LogP contribution in [0.2, 0.25) is 0 Å². The van der Waals surface area contributed by atoms with Crippen LogP contribution >= 0.6 is 0 Å². The molecule has 1 aliphatic rings. The first-order chi connectivity index (χ1) is 11.7. The van der Waals surface area contributed by atoms with E-state index in [-0.39, 0.29) is 28.4 Å². The Morgan fingerprint density at radius 2 is 1.68 bits per heavy atom. The number of nitro benzene ring substituents is 1. The second-order valence-electron chi connectivity index (χ2n) is 5.36. The molecule has 25 heavy (non-hydrogen) atoms. The minimum Gasteiger partial charge on any atom is -0.494 e. The Bertz CT molecular complexity index is 747. The summed E-state index contributed by atoms with van der Waals surface area (Å²) in [5, 5.41) is 13.7. The predicted octanol–water partition coefficient (Wildman–Crippen LogP) is 1.74. The number of rotatable bonds is 5. The van der Waals surface area contributed by atoms with Crippen molar-refractivity contribution in [3.8, 4) is 11.5 Å². The highest BCUT2D eigenvalue weighted by Gasteiger charge is 2.39. The molecule has 1 aliphatic heterocycles. The van der Waals surface area contributed by atoms with E-state index in [2.05, 4.69) is 5.32 Å². The normalized spacial score (nSPS) is 15.8. The Hall–Kier alpha value is -3.30. The third-order valence-corrected chi connectivity index (χ3v) is 3.19. The van der Waals surface area contributed by atoms with Crippen LogP contribution in [0.25, 0.3) is 0 Å². The number of carbonyl (C=O) groups excluding carboxylic acids is 2. The Labute approximate surface area is 142 Å².